The Labute approximate surface area is 318 Å². The van der Waals surface area contributed by atoms with E-state index >= 15 is 0 Å². The van der Waals surface area contributed by atoms with Crippen LogP contribution < -0.4 is 19.9 Å². The molecule has 0 radical (unpaired) electrons. The zero-order valence-corrected chi connectivity index (χ0v) is 32.5. The van der Waals surface area contributed by atoms with Gasteiger partial charge in [-0.3, -0.25) is 9.59 Å². The van der Waals surface area contributed by atoms with Gasteiger partial charge in [-0.25, -0.2) is 0 Å². The van der Waals surface area contributed by atoms with Crippen molar-refractivity contribution in [3.63, 3.8) is 0 Å². The molecule has 0 saturated carbocycles. The van der Waals surface area contributed by atoms with Crippen LogP contribution in [0.2, 0.25) is 0 Å². The maximum atomic E-state index is 14.0. The smallest absolute Gasteiger partial charge is 0.378 e. The zero-order chi connectivity index (χ0) is 39.4. The second kappa shape index (κ2) is 18.7. The fraction of sp³-hybridized carbons (Fsp3) is 0.429. The molecule has 54 heavy (non-hydrogen) atoms. The molecule has 0 bridgehead atoms. The second-order valence-electron chi connectivity index (χ2n) is 14.6. The van der Waals surface area contributed by atoms with E-state index in [4.69, 9.17) is 9.58 Å². The number of benzene rings is 4. The SMILES string of the molecule is CCCCCCCC(C)(CCCCCC(C)(CC)C(=O)Nc1cccc(O)c1)C(=O)Nc1cccc(OS(=O)(=O)c2cccc3c([O-])c([N+]#N)ccc23)c1. The highest BCUT2D eigenvalue weighted by atomic mass is 32.2. The molecule has 2 atom stereocenters. The monoisotopic (exact) mass is 756 g/mol. The van der Waals surface area contributed by atoms with E-state index < -0.39 is 26.7 Å². The van der Waals surface area contributed by atoms with Crippen LogP contribution in [0.3, 0.4) is 0 Å². The van der Waals surface area contributed by atoms with Gasteiger partial charge in [-0.1, -0.05) is 103 Å². The zero-order valence-electron chi connectivity index (χ0n) is 31.7. The number of fused-ring (bicyclic) bond motifs is 1. The van der Waals surface area contributed by atoms with Crippen molar-refractivity contribution in [1.82, 2.24) is 0 Å². The van der Waals surface area contributed by atoms with E-state index in [9.17, 15) is 28.2 Å². The van der Waals surface area contributed by atoms with Crippen molar-refractivity contribution < 1.29 is 32.4 Å². The van der Waals surface area contributed by atoms with Crippen molar-refractivity contribution >= 4 is 49.8 Å². The van der Waals surface area contributed by atoms with Crippen LogP contribution in [0.1, 0.15) is 105 Å². The molecule has 0 spiro atoms. The molecule has 4 rings (SSSR count). The predicted octanol–water partition coefficient (Wildman–Crippen LogP) is 10.2. The van der Waals surface area contributed by atoms with Gasteiger partial charge in [0.2, 0.25) is 17.2 Å². The number of nitrogens with zero attached hydrogens (tertiary/aromatic N) is 2. The summed E-state index contributed by atoms with van der Waals surface area (Å²) in [6.45, 7) is 8.09. The molecule has 0 aromatic heterocycles. The minimum absolute atomic E-state index is 0.0116. The van der Waals surface area contributed by atoms with Crippen molar-refractivity contribution in [2.75, 3.05) is 10.6 Å². The first kappa shape index (κ1) is 41.6. The molecule has 288 valence electrons. The van der Waals surface area contributed by atoms with E-state index in [0.717, 1.165) is 51.4 Å². The van der Waals surface area contributed by atoms with Gasteiger partial charge in [0.25, 0.3) is 0 Å². The van der Waals surface area contributed by atoms with Crippen LogP contribution in [0.25, 0.3) is 15.7 Å². The lowest BCUT2D eigenvalue weighted by atomic mass is 9.77. The predicted molar refractivity (Wildman–Crippen MR) is 211 cm³/mol. The minimum atomic E-state index is -4.40. The Balaban J connectivity index is 1.42. The number of rotatable bonds is 20. The number of hydrogen-bond donors (Lipinski definition) is 3. The molecule has 12 heteroatoms. The normalized spacial score (nSPS) is 13.7. The Morgan fingerprint density at radius 3 is 1.96 bits per heavy atom. The number of phenols is 1. The van der Waals surface area contributed by atoms with Crippen molar-refractivity contribution in [3.05, 3.63) is 83.8 Å². The van der Waals surface area contributed by atoms with Gasteiger partial charge in [0.1, 0.15) is 16.4 Å². The summed E-state index contributed by atoms with van der Waals surface area (Å²) in [5, 5.41) is 37.7. The van der Waals surface area contributed by atoms with Crippen LogP contribution in [0.4, 0.5) is 17.1 Å². The number of carbonyl (C=O) groups is 2. The fourth-order valence-corrected chi connectivity index (χ4v) is 7.80. The molecule has 4 aromatic rings. The number of nitrogens with one attached hydrogen (secondary N) is 2. The summed E-state index contributed by atoms with van der Waals surface area (Å²) >= 11 is 0. The Morgan fingerprint density at radius 2 is 1.33 bits per heavy atom. The van der Waals surface area contributed by atoms with Gasteiger partial charge in [0.05, 0.1) is 0 Å². The van der Waals surface area contributed by atoms with Crippen LogP contribution in [0.15, 0.2) is 83.8 Å². The molecule has 0 saturated heterocycles. The summed E-state index contributed by atoms with van der Waals surface area (Å²) in [6.07, 6.45) is 10.4. The van der Waals surface area contributed by atoms with E-state index in [1.165, 1.54) is 48.5 Å². The molecule has 11 nitrogen and oxygen atoms in total. The first-order chi connectivity index (χ1) is 25.7. The highest BCUT2D eigenvalue weighted by Crippen LogP contribution is 2.38. The van der Waals surface area contributed by atoms with Crippen molar-refractivity contribution in [3.8, 4) is 17.2 Å². The molecule has 0 aliphatic carbocycles. The maximum absolute atomic E-state index is 14.0. The average molecular weight is 757 g/mol. The summed E-state index contributed by atoms with van der Waals surface area (Å²) in [5.74, 6) is -0.788. The summed E-state index contributed by atoms with van der Waals surface area (Å²) in [5.41, 5.74) is -0.541. The standard InChI is InChI=1S/C42H52N4O7S/c1-5-7-8-9-11-26-42(4,27-13-10-12-25-41(3,6-2)39(49)44-30-17-14-19-32(47)28-30)40(50)45-31-18-15-20-33(29-31)53-54(51,52)37-22-16-21-35-34(37)23-24-36(46-43)38(35)48/h14-24,28-29H,5-13,25-27H2,1-4H3,(H3-,44,45,47,48,49,50). The number of anilines is 2. The fourth-order valence-electron chi connectivity index (χ4n) is 6.66. The van der Waals surface area contributed by atoms with Crippen molar-refractivity contribution in [2.45, 2.75) is 110 Å². The second-order valence-corrected chi connectivity index (χ2v) is 16.1. The van der Waals surface area contributed by atoms with Crippen LogP contribution >= 0.6 is 0 Å². The maximum Gasteiger partial charge on any atom is 0.378 e. The highest BCUT2D eigenvalue weighted by Gasteiger charge is 2.34. The van der Waals surface area contributed by atoms with Crippen LogP contribution in [0, 0.1) is 16.2 Å². The van der Waals surface area contributed by atoms with Crippen molar-refractivity contribution in [1.29, 1.82) is 5.39 Å². The number of hydrogen-bond acceptors (Lipinski definition) is 8. The van der Waals surface area contributed by atoms with Gasteiger partial charge in [-0.05, 0) is 73.2 Å². The van der Waals surface area contributed by atoms with Gasteiger partial charge >= 0.3 is 15.8 Å². The quantitative estimate of drug-likeness (QED) is 0.0454. The number of amides is 2. The lowest BCUT2D eigenvalue weighted by Crippen LogP contribution is -2.34. The molecular formula is C42H52N4O7S. The van der Waals surface area contributed by atoms with E-state index in [0.29, 0.717) is 37.1 Å². The summed E-state index contributed by atoms with van der Waals surface area (Å²) < 4.78 is 32.4. The number of unbranched alkanes of at least 4 members (excludes halogenated alkanes) is 6. The topological polar surface area (TPSA) is 173 Å². The van der Waals surface area contributed by atoms with Crippen LogP contribution in [-0.4, -0.2) is 25.3 Å². The molecule has 4 aromatic carbocycles. The lowest BCUT2D eigenvalue weighted by Gasteiger charge is -2.30. The van der Waals surface area contributed by atoms with Crippen LogP contribution in [0.5, 0.6) is 17.2 Å². The third kappa shape index (κ3) is 10.7. The Kier molecular flexibility index (Phi) is 14.4. The van der Waals surface area contributed by atoms with E-state index in [2.05, 4.69) is 22.5 Å². The molecule has 0 aliphatic heterocycles. The third-order valence-corrected chi connectivity index (χ3v) is 11.7. The van der Waals surface area contributed by atoms with Gasteiger partial charge < -0.3 is 25.0 Å². The summed E-state index contributed by atoms with van der Waals surface area (Å²) in [4.78, 5) is 29.9. The van der Waals surface area contributed by atoms with Gasteiger partial charge in [-0.15, -0.1) is 0 Å². The lowest BCUT2D eigenvalue weighted by molar-refractivity contribution is -0.264. The summed E-state index contributed by atoms with van der Waals surface area (Å²) in [6, 6.07) is 19.5. The van der Waals surface area contributed by atoms with Gasteiger partial charge in [0, 0.05) is 45.8 Å². The number of diazo groups is 1. The Bertz CT molecular complexity index is 2080. The van der Waals surface area contributed by atoms with Crippen LogP contribution in [-0.2, 0) is 19.7 Å². The minimum Gasteiger partial charge on any atom is -0.867 e. The molecule has 0 aliphatic rings. The first-order valence-corrected chi connectivity index (χ1v) is 20.2. The number of aromatic hydroxyl groups is 1. The molecule has 2 amide bonds. The molecule has 0 fully saturated rings. The Hall–Kier alpha value is -5.15. The Morgan fingerprint density at radius 1 is 0.759 bits per heavy atom. The molecule has 0 heterocycles. The van der Waals surface area contributed by atoms with E-state index in [1.54, 1.807) is 30.3 Å². The number of carbonyl (C=O) groups excluding carboxylic acids is 2. The van der Waals surface area contributed by atoms with E-state index in [-0.39, 0.29) is 44.7 Å². The molecular weight excluding hydrogens is 705 g/mol. The largest absolute Gasteiger partial charge is 0.867 e. The first-order valence-electron chi connectivity index (χ1n) is 18.8. The van der Waals surface area contributed by atoms with E-state index in [1.807, 2.05) is 20.8 Å². The third-order valence-electron chi connectivity index (χ3n) is 10.4. The highest BCUT2D eigenvalue weighted by molar-refractivity contribution is 7.87. The van der Waals surface area contributed by atoms with Gasteiger partial charge in [-0.2, -0.15) is 8.42 Å². The number of phenolic OH excluding ortho intramolecular Hbond substituents is 1. The summed E-state index contributed by atoms with van der Waals surface area (Å²) in [7, 11) is -4.40. The molecule has 3 N–H and O–H groups in total. The van der Waals surface area contributed by atoms with Gasteiger partial charge in [0.15, 0.2) is 4.98 Å². The average Bonchev–Trinajstić information content (AvgIpc) is 3.14. The van der Waals surface area contributed by atoms with Crippen molar-refractivity contribution in [2.24, 2.45) is 10.8 Å². The molecule has 2 unspecified atom stereocenters.